The first-order valence-electron chi connectivity index (χ1n) is 10.3. The average Bonchev–Trinajstić information content (AvgIpc) is 3.16. The molecule has 0 spiro atoms. The van der Waals surface area contributed by atoms with Gasteiger partial charge >= 0.3 is 0 Å². The largest absolute Gasteiger partial charge is 0.370 e. The molecule has 0 aliphatic rings. The Kier molecular flexibility index (Phi) is 6.21. The molecule has 0 radical (unpaired) electrons. The SMILES string of the molecule is NC(=O)CCCCCNc1ccc2c(-c3ccncc3)c(-c3ccc(F)cc3)[nH]c2n1. The third kappa shape index (κ3) is 4.88. The average molecular weight is 417 g/mol. The fourth-order valence-corrected chi connectivity index (χ4v) is 3.64. The van der Waals surface area contributed by atoms with E-state index >= 15 is 0 Å². The molecule has 1 amide bonds. The van der Waals surface area contributed by atoms with E-state index in [2.05, 4.69) is 15.3 Å². The summed E-state index contributed by atoms with van der Waals surface area (Å²) in [6, 6.07) is 14.3. The second kappa shape index (κ2) is 9.38. The van der Waals surface area contributed by atoms with Crippen molar-refractivity contribution in [2.24, 2.45) is 5.73 Å². The number of hydrogen-bond donors (Lipinski definition) is 3. The van der Waals surface area contributed by atoms with Crippen molar-refractivity contribution in [1.29, 1.82) is 0 Å². The molecule has 4 N–H and O–H groups in total. The third-order valence-corrected chi connectivity index (χ3v) is 5.17. The predicted molar refractivity (Wildman–Crippen MR) is 121 cm³/mol. The van der Waals surface area contributed by atoms with E-state index in [-0.39, 0.29) is 11.7 Å². The number of fused-ring (bicyclic) bond motifs is 1. The fraction of sp³-hybridized carbons (Fsp3) is 0.208. The summed E-state index contributed by atoms with van der Waals surface area (Å²) in [5.41, 5.74) is 9.71. The molecule has 31 heavy (non-hydrogen) atoms. The maximum atomic E-state index is 13.5. The zero-order valence-corrected chi connectivity index (χ0v) is 17.1. The molecular formula is C24H24FN5O. The van der Waals surface area contributed by atoms with Crippen LogP contribution in [0.5, 0.6) is 0 Å². The van der Waals surface area contributed by atoms with E-state index < -0.39 is 0 Å². The molecule has 0 aliphatic heterocycles. The van der Waals surface area contributed by atoms with Gasteiger partial charge in [-0.2, -0.15) is 0 Å². The van der Waals surface area contributed by atoms with Gasteiger partial charge in [0.1, 0.15) is 17.3 Å². The third-order valence-electron chi connectivity index (χ3n) is 5.17. The normalized spacial score (nSPS) is 11.0. The number of pyridine rings is 2. The number of nitrogens with one attached hydrogen (secondary N) is 2. The zero-order valence-electron chi connectivity index (χ0n) is 17.1. The summed E-state index contributed by atoms with van der Waals surface area (Å²) in [5, 5.41) is 4.32. The summed E-state index contributed by atoms with van der Waals surface area (Å²) in [4.78, 5) is 23.1. The number of amides is 1. The lowest BCUT2D eigenvalue weighted by molar-refractivity contribution is -0.118. The fourth-order valence-electron chi connectivity index (χ4n) is 3.64. The summed E-state index contributed by atoms with van der Waals surface area (Å²) >= 11 is 0. The number of carbonyl (C=O) groups excluding carboxylic acids is 1. The molecular weight excluding hydrogens is 393 g/mol. The van der Waals surface area contributed by atoms with Crippen LogP contribution in [0, 0.1) is 5.82 Å². The number of rotatable bonds is 9. The molecule has 0 unspecified atom stereocenters. The second-order valence-corrected chi connectivity index (χ2v) is 7.41. The van der Waals surface area contributed by atoms with Crippen LogP contribution in [0.3, 0.4) is 0 Å². The standard InChI is InChI=1S/C24H24FN5O/c25-18-7-5-17(6-8-18)23-22(16-11-14-27-15-12-16)19-9-10-21(29-24(19)30-23)28-13-3-1-2-4-20(26)31/h5-12,14-15H,1-4,13H2,(H2,26,31)(H2,28,29,30). The number of nitrogens with two attached hydrogens (primary N) is 1. The number of H-pyrrole nitrogens is 1. The number of aromatic nitrogens is 3. The minimum atomic E-state index is -0.272. The van der Waals surface area contributed by atoms with Gasteiger partial charge in [-0.05, 0) is 72.5 Å². The molecule has 4 rings (SSSR count). The maximum absolute atomic E-state index is 13.5. The van der Waals surface area contributed by atoms with Crippen LogP contribution in [-0.4, -0.2) is 27.4 Å². The van der Waals surface area contributed by atoms with E-state index in [1.165, 1.54) is 12.1 Å². The van der Waals surface area contributed by atoms with E-state index in [0.29, 0.717) is 6.42 Å². The van der Waals surface area contributed by atoms with Gasteiger partial charge < -0.3 is 16.0 Å². The molecule has 3 heterocycles. The summed E-state index contributed by atoms with van der Waals surface area (Å²) in [5.74, 6) is 0.245. The Hall–Kier alpha value is -3.74. The molecule has 158 valence electrons. The lowest BCUT2D eigenvalue weighted by Crippen LogP contribution is -2.10. The highest BCUT2D eigenvalue weighted by molar-refractivity contribution is 6.02. The molecule has 1 aromatic carbocycles. The lowest BCUT2D eigenvalue weighted by Gasteiger charge is -2.06. The van der Waals surface area contributed by atoms with Gasteiger partial charge in [0.05, 0.1) is 5.69 Å². The number of unbranched alkanes of at least 4 members (excludes halogenated alkanes) is 2. The van der Waals surface area contributed by atoms with Crippen LogP contribution in [0.1, 0.15) is 25.7 Å². The van der Waals surface area contributed by atoms with E-state index in [1.54, 1.807) is 24.5 Å². The van der Waals surface area contributed by atoms with Gasteiger partial charge in [0.2, 0.25) is 5.91 Å². The smallest absolute Gasteiger partial charge is 0.217 e. The minimum Gasteiger partial charge on any atom is -0.370 e. The van der Waals surface area contributed by atoms with Crippen LogP contribution in [0.15, 0.2) is 60.9 Å². The Morgan fingerprint density at radius 3 is 2.48 bits per heavy atom. The Morgan fingerprint density at radius 2 is 1.74 bits per heavy atom. The van der Waals surface area contributed by atoms with E-state index in [1.807, 2.05) is 24.3 Å². The first kappa shape index (κ1) is 20.5. The van der Waals surface area contributed by atoms with Crippen LogP contribution in [0.25, 0.3) is 33.4 Å². The molecule has 0 bridgehead atoms. The molecule has 0 aliphatic carbocycles. The van der Waals surface area contributed by atoms with E-state index in [4.69, 9.17) is 10.7 Å². The topological polar surface area (TPSA) is 96.7 Å². The summed E-state index contributed by atoms with van der Waals surface area (Å²) < 4.78 is 13.5. The zero-order chi connectivity index (χ0) is 21.6. The number of benzene rings is 1. The van der Waals surface area contributed by atoms with Crippen LogP contribution in [0.4, 0.5) is 10.2 Å². The highest BCUT2D eigenvalue weighted by Crippen LogP contribution is 2.38. The van der Waals surface area contributed by atoms with Crippen molar-refractivity contribution in [3.05, 3.63) is 66.7 Å². The van der Waals surface area contributed by atoms with E-state index in [0.717, 1.165) is 65.0 Å². The van der Waals surface area contributed by atoms with Crippen molar-refractivity contribution in [2.45, 2.75) is 25.7 Å². The van der Waals surface area contributed by atoms with Crippen LogP contribution in [0.2, 0.25) is 0 Å². The van der Waals surface area contributed by atoms with Crippen molar-refractivity contribution in [2.75, 3.05) is 11.9 Å². The molecule has 4 aromatic rings. The van der Waals surface area contributed by atoms with Crippen LogP contribution >= 0.6 is 0 Å². The van der Waals surface area contributed by atoms with Crippen LogP contribution < -0.4 is 11.1 Å². The number of hydrogen-bond acceptors (Lipinski definition) is 4. The van der Waals surface area contributed by atoms with Crippen molar-refractivity contribution in [1.82, 2.24) is 15.0 Å². The Bertz CT molecular complexity index is 1170. The highest BCUT2D eigenvalue weighted by atomic mass is 19.1. The van der Waals surface area contributed by atoms with Gasteiger partial charge in [-0.15, -0.1) is 0 Å². The van der Waals surface area contributed by atoms with Gasteiger partial charge in [-0.3, -0.25) is 9.78 Å². The number of aromatic amines is 1. The summed E-state index contributed by atoms with van der Waals surface area (Å²) in [6.07, 6.45) is 6.60. The number of carbonyl (C=O) groups is 1. The van der Waals surface area contributed by atoms with Gasteiger partial charge in [-0.1, -0.05) is 6.42 Å². The van der Waals surface area contributed by atoms with Gasteiger partial charge in [-0.25, -0.2) is 9.37 Å². The molecule has 0 saturated heterocycles. The lowest BCUT2D eigenvalue weighted by atomic mass is 10.00. The first-order chi connectivity index (χ1) is 15.1. The summed E-state index contributed by atoms with van der Waals surface area (Å²) in [6.45, 7) is 0.764. The number of nitrogens with zero attached hydrogens (tertiary/aromatic N) is 2. The molecule has 6 nitrogen and oxygen atoms in total. The molecule has 0 atom stereocenters. The monoisotopic (exact) mass is 417 g/mol. The summed E-state index contributed by atoms with van der Waals surface area (Å²) in [7, 11) is 0. The minimum absolute atomic E-state index is 0.256. The number of primary amides is 1. The second-order valence-electron chi connectivity index (χ2n) is 7.41. The Labute approximate surface area is 179 Å². The van der Waals surface area contributed by atoms with Gasteiger partial charge in [0, 0.05) is 36.3 Å². The Morgan fingerprint density at radius 1 is 0.968 bits per heavy atom. The van der Waals surface area contributed by atoms with Crippen LogP contribution in [-0.2, 0) is 4.79 Å². The maximum Gasteiger partial charge on any atom is 0.217 e. The van der Waals surface area contributed by atoms with Crippen molar-refractivity contribution < 1.29 is 9.18 Å². The molecule has 3 aromatic heterocycles. The molecule has 0 saturated carbocycles. The molecule has 7 heteroatoms. The van der Waals surface area contributed by atoms with Crippen molar-refractivity contribution in [3.63, 3.8) is 0 Å². The number of halogens is 1. The highest BCUT2D eigenvalue weighted by Gasteiger charge is 2.16. The van der Waals surface area contributed by atoms with Crippen molar-refractivity contribution >= 4 is 22.8 Å². The van der Waals surface area contributed by atoms with E-state index in [9.17, 15) is 9.18 Å². The molecule has 0 fully saturated rings. The predicted octanol–water partition coefficient (Wildman–Crippen LogP) is 4.89. The Balaban J connectivity index is 1.61. The van der Waals surface area contributed by atoms with Crippen molar-refractivity contribution in [3.8, 4) is 22.4 Å². The van der Waals surface area contributed by atoms with Gasteiger partial charge in [0.25, 0.3) is 0 Å². The quantitative estimate of drug-likeness (QED) is 0.338. The first-order valence-corrected chi connectivity index (χ1v) is 10.3. The van der Waals surface area contributed by atoms with Gasteiger partial charge in [0.15, 0.2) is 0 Å². The number of anilines is 1.